The Morgan fingerprint density at radius 1 is 1.48 bits per heavy atom. The maximum atomic E-state index is 12.4. The largest absolute Gasteiger partial charge is 0.341 e. The van der Waals surface area contributed by atoms with Crippen LogP contribution in [0.3, 0.4) is 0 Å². The predicted octanol–water partition coefficient (Wildman–Crippen LogP) is 3.98. The van der Waals surface area contributed by atoms with Crippen molar-refractivity contribution < 1.29 is 4.79 Å². The third kappa shape index (κ3) is 4.22. The van der Waals surface area contributed by atoms with Gasteiger partial charge in [0.25, 0.3) is 5.91 Å². The molecule has 0 aliphatic rings. The zero-order valence-electron chi connectivity index (χ0n) is 12.0. The van der Waals surface area contributed by atoms with Gasteiger partial charge in [0.1, 0.15) is 5.01 Å². The van der Waals surface area contributed by atoms with Crippen molar-refractivity contribution >= 4 is 40.6 Å². The first-order valence-electron chi connectivity index (χ1n) is 6.51. The molecular formula is C15H17ClN2OS2. The summed E-state index contributed by atoms with van der Waals surface area (Å²) < 4.78 is 0. The van der Waals surface area contributed by atoms with Crippen LogP contribution in [0.1, 0.15) is 16.1 Å². The average Bonchev–Trinajstić information content (AvgIpc) is 3.01. The maximum absolute atomic E-state index is 12.4. The van der Waals surface area contributed by atoms with E-state index < -0.39 is 0 Å². The van der Waals surface area contributed by atoms with Crippen LogP contribution in [-0.2, 0) is 5.88 Å². The Morgan fingerprint density at radius 2 is 2.29 bits per heavy atom. The van der Waals surface area contributed by atoms with Crippen molar-refractivity contribution in [2.24, 2.45) is 0 Å². The lowest BCUT2D eigenvalue weighted by atomic mass is 10.1. The number of carbonyl (C=O) groups is 1. The average molecular weight is 341 g/mol. The highest BCUT2D eigenvalue weighted by Crippen LogP contribution is 2.25. The molecule has 1 amide bonds. The third-order valence-electron chi connectivity index (χ3n) is 3.02. The third-order valence-corrected chi connectivity index (χ3v) is 4.83. The van der Waals surface area contributed by atoms with Gasteiger partial charge in [-0.2, -0.15) is 11.8 Å². The van der Waals surface area contributed by atoms with Gasteiger partial charge in [-0.05, 0) is 18.4 Å². The molecule has 0 N–H and O–H groups in total. The van der Waals surface area contributed by atoms with Crippen molar-refractivity contribution in [1.29, 1.82) is 0 Å². The number of benzene rings is 1. The van der Waals surface area contributed by atoms with Gasteiger partial charge in [-0.15, -0.1) is 22.9 Å². The first-order chi connectivity index (χ1) is 10.2. The fourth-order valence-electron chi connectivity index (χ4n) is 1.84. The van der Waals surface area contributed by atoms with E-state index in [0.29, 0.717) is 11.4 Å². The van der Waals surface area contributed by atoms with Crippen LogP contribution in [0, 0.1) is 0 Å². The maximum Gasteiger partial charge on any atom is 0.253 e. The van der Waals surface area contributed by atoms with Gasteiger partial charge in [-0.3, -0.25) is 4.79 Å². The van der Waals surface area contributed by atoms with E-state index >= 15 is 0 Å². The highest BCUT2D eigenvalue weighted by molar-refractivity contribution is 7.98. The molecule has 0 spiro atoms. The molecule has 0 radical (unpaired) electrons. The van der Waals surface area contributed by atoms with Gasteiger partial charge in [-0.25, -0.2) is 4.98 Å². The second-order valence-corrected chi connectivity index (χ2v) is 6.69. The van der Waals surface area contributed by atoms with Crippen molar-refractivity contribution in [2.45, 2.75) is 5.88 Å². The summed E-state index contributed by atoms with van der Waals surface area (Å²) in [5.74, 6) is 1.39. The number of aromatic nitrogens is 1. The number of thioether (sulfide) groups is 1. The first-order valence-corrected chi connectivity index (χ1v) is 9.31. The summed E-state index contributed by atoms with van der Waals surface area (Å²) in [6, 6.07) is 7.61. The predicted molar refractivity (Wildman–Crippen MR) is 92.4 cm³/mol. The second-order valence-electron chi connectivity index (χ2n) is 4.58. The van der Waals surface area contributed by atoms with E-state index in [0.717, 1.165) is 28.6 Å². The van der Waals surface area contributed by atoms with E-state index in [9.17, 15) is 4.79 Å². The zero-order chi connectivity index (χ0) is 15.2. The molecule has 0 fully saturated rings. The number of carbonyl (C=O) groups excluding carboxylic acids is 1. The van der Waals surface area contributed by atoms with Gasteiger partial charge < -0.3 is 4.90 Å². The minimum absolute atomic E-state index is 0.0417. The van der Waals surface area contributed by atoms with Crippen LogP contribution in [0.5, 0.6) is 0 Å². The van der Waals surface area contributed by atoms with Crippen LogP contribution in [0.2, 0.25) is 0 Å². The van der Waals surface area contributed by atoms with Gasteiger partial charge in [0.05, 0.1) is 11.6 Å². The monoisotopic (exact) mass is 340 g/mol. The topological polar surface area (TPSA) is 33.2 Å². The van der Waals surface area contributed by atoms with Crippen LogP contribution in [0.15, 0.2) is 29.6 Å². The molecule has 21 heavy (non-hydrogen) atoms. The van der Waals surface area contributed by atoms with Crippen LogP contribution in [0.25, 0.3) is 10.6 Å². The summed E-state index contributed by atoms with van der Waals surface area (Å²) in [5, 5.41) is 2.84. The van der Waals surface area contributed by atoms with Gasteiger partial charge in [0, 0.05) is 35.9 Å². The Bertz CT molecular complexity index is 615. The molecule has 112 valence electrons. The van der Waals surface area contributed by atoms with Crippen molar-refractivity contribution in [2.75, 3.05) is 25.6 Å². The Labute approximate surface area is 138 Å². The lowest BCUT2D eigenvalue weighted by molar-refractivity contribution is 0.0804. The van der Waals surface area contributed by atoms with E-state index in [1.54, 1.807) is 28.0 Å². The molecule has 1 heterocycles. The number of nitrogens with zero attached hydrogens (tertiary/aromatic N) is 2. The molecular weight excluding hydrogens is 324 g/mol. The Morgan fingerprint density at radius 3 is 2.95 bits per heavy atom. The number of hydrogen-bond acceptors (Lipinski definition) is 4. The molecule has 0 atom stereocenters. The van der Waals surface area contributed by atoms with E-state index in [2.05, 4.69) is 4.98 Å². The molecule has 0 saturated heterocycles. The van der Waals surface area contributed by atoms with E-state index in [4.69, 9.17) is 11.6 Å². The molecule has 0 saturated carbocycles. The summed E-state index contributed by atoms with van der Waals surface area (Å²) in [6.07, 6.45) is 2.04. The fourth-order valence-corrected chi connectivity index (χ4v) is 3.34. The van der Waals surface area contributed by atoms with Gasteiger partial charge in [0.15, 0.2) is 0 Å². The number of rotatable bonds is 6. The van der Waals surface area contributed by atoms with E-state index in [-0.39, 0.29) is 5.91 Å². The van der Waals surface area contributed by atoms with E-state index in [1.165, 1.54) is 0 Å². The molecule has 0 unspecified atom stereocenters. The van der Waals surface area contributed by atoms with Crippen LogP contribution >= 0.6 is 34.7 Å². The van der Waals surface area contributed by atoms with Crippen molar-refractivity contribution in [3.05, 3.63) is 40.9 Å². The molecule has 0 aliphatic heterocycles. The van der Waals surface area contributed by atoms with Crippen molar-refractivity contribution in [3.8, 4) is 10.6 Å². The highest BCUT2D eigenvalue weighted by atomic mass is 35.5. The Balaban J connectivity index is 2.19. The second kappa shape index (κ2) is 7.82. The molecule has 2 aromatic rings. The smallest absolute Gasteiger partial charge is 0.253 e. The highest BCUT2D eigenvalue weighted by Gasteiger charge is 2.13. The molecule has 0 aliphatic carbocycles. The zero-order valence-corrected chi connectivity index (χ0v) is 14.4. The number of halogens is 1. The summed E-state index contributed by atoms with van der Waals surface area (Å²) in [6.45, 7) is 0.748. The number of alkyl halides is 1. The van der Waals surface area contributed by atoms with Crippen LogP contribution in [-0.4, -0.2) is 41.4 Å². The van der Waals surface area contributed by atoms with Gasteiger partial charge >= 0.3 is 0 Å². The number of amides is 1. The standard InChI is InChI=1S/C15H17ClN2OS2/c1-18(6-7-20-2)15(19)12-5-3-4-11(8-12)14-17-13(9-16)10-21-14/h3-5,8,10H,6-7,9H2,1-2H3. The lowest BCUT2D eigenvalue weighted by Gasteiger charge is -2.16. The normalized spacial score (nSPS) is 10.6. The Kier molecular flexibility index (Phi) is 6.08. The molecule has 2 rings (SSSR count). The van der Waals surface area contributed by atoms with Crippen molar-refractivity contribution in [3.63, 3.8) is 0 Å². The molecule has 0 bridgehead atoms. The van der Waals surface area contributed by atoms with Crippen LogP contribution in [0.4, 0.5) is 0 Å². The lowest BCUT2D eigenvalue weighted by Crippen LogP contribution is -2.28. The van der Waals surface area contributed by atoms with E-state index in [1.807, 2.05) is 42.9 Å². The molecule has 3 nitrogen and oxygen atoms in total. The minimum atomic E-state index is 0.0417. The first kappa shape index (κ1) is 16.3. The van der Waals surface area contributed by atoms with Gasteiger partial charge in [-0.1, -0.05) is 12.1 Å². The summed E-state index contributed by atoms with van der Waals surface area (Å²) in [7, 11) is 1.83. The quantitative estimate of drug-likeness (QED) is 0.746. The molecule has 1 aromatic heterocycles. The summed E-state index contributed by atoms with van der Waals surface area (Å²) >= 11 is 9.06. The minimum Gasteiger partial charge on any atom is -0.341 e. The van der Waals surface area contributed by atoms with Gasteiger partial charge in [0.2, 0.25) is 0 Å². The summed E-state index contributed by atoms with van der Waals surface area (Å²) in [5.41, 5.74) is 2.52. The summed E-state index contributed by atoms with van der Waals surface area (Å²) in [4.78, 5) is 18.6. The molecule has 1 aromatic carbocycles. The SMILES string of the molecule is CSCCN(C)C(=O)c1cccc(-c2nc(CCl)cs2)c1. The number of thiazole rings is 1. The fraction of sp³-hybridized carbons (Fsp3) is 0.333. The number of hydrogen-bond donors (Lipinski definition) is 0. The van der Waals surface area contributed by atoms with Crippen LogP contribution < -0.4 is 0 Å². The Hall–Kier alpha value is -1.04. The van der Waals surface area contributed by atoms with Crippen molar-refractivity contribution in [1.82, 2.24) is 9.88 Å². The molecule has 6 heteroatoms.